The number of nitrogens with zero attached hydrogens (tertiary/aromatic N) is 2. The maximum absolute atomic E-state index is 12.9. The number of hydrogen-bond acceptors (Lipinski definition) is 4. The van der Waals surface area contributed by atoms with Crippen LogP contribution in [0.5, 0.6) is 0 Å². The first kappa shape index (κ1) is 15.9. The van der Waals surface area contributed by atoms with Crippen LogP contribution in [0, 0.1) is 6.92 Å². The van der Waals surface area contributed by atoms with Gasteiger partial charge >= 0.3 is 0 Å². The van der Waals surface area contributed by atoms with Crippen LogP contribution in [0.2, 0.25) is 0 Å². The Morgan fingerprint density at radius 3 is 2.65 bits per heavy atom. The zero-order chi connectivity index (χ0) is 16.4. The predicted molar refractivity (Wildman–Crippen MR) is 95.3 cm³/mol. The van der Waals surface area contributed by atoms with Crippen molar-refractivity contribution in [3.8, 4) is 11.1 Å². The van der Waals surface area contributed by atoms with Crippen molar-refractivity contribution in [1.82, 2.24) is 9.55 Å². The van der Waals surface area contributed by atoms with Crippen LogP contribution in [-0.2, 0) is 17.7 Å². The average molecular weight is 328 g/mol. The first-order valence-electron chi connectivity index (χ1n) is 7.72. The molecule has 0 saturated carbocycles. The van der Waals surface area contributed by atoms with E-state index in [1.54, 1.807) is 11.7 Å². The Kier molecular flexibility index (Phi) is 4.59. The van der Waals surface area contributed by atoms with Gasteiger partial charge in [0.1, 0.15) is 10.7 Å². The van der Waals surface area contributed by atoms with Gasteiger partial charge in [-0.2, -0.15) is 0 Å². The second kappa shape index (κ2) is 6.64. The van der Waals surface area contributed by atoms with Gasteiger partial charge in [-0.25, -0.2) is 4.98 Å². The Balaban J connectivity index is 2.16. The largest absolute Gasteiger partial charge is 0.383 e. The number of fused-ring (bicyclic) bond motifs is 1. The van der Waals surface area contributed by atoms with Crippen LogP contribution < -0.4 is 5.56 Å². The van der Waals surface area contributed by atoms with E-state index < -0.39 is 0 Å². The summed E-state index contributed by atoms with van der Waals surface area (Å²) in [6.45, 7) is 5.02. The van der Waals surface area contributed by atoms with Crippen molar-refractivity contribution in [2.45, 2.75) is 26.8 Å². The highest BCUT2D eigenvalue weighted by Gasteiger charge is 2.15. The number of ether oxygens (including phenoxy) is 1. The Bertz CT molecular complexity index is 878. The van der Waals surface area contributed by atoms with E-state index in [2.05, 4.69) is 36.2 Å². The normalized spacial score (nSPS) is 11.3. The second-order valence-corrected chi connectivity index (χ2v) is 6.35. The quantitative estimate of drug-likeness (QED) is 0.718. The molecule has 0 aliphatic heterocycles. The first-order valence-corrected chi connectivity index (χ1v) is 8.60. The molecule has 120 valence electrons. The molecular weight excluding hydrogens is 308 g/mol. The molecule has 0 bridgehead atoms. The average Bonchev–Trinajstić information content (AvgIpc) is 2.98. The highest BCUT2D eigenvalue weighted by atomic mass is 32.1. The molecule has 0 N–H and O–H groups in total. The third-order valence-electron chi connectivity index (χ3n) is 4.08. The van der Waals surface area contributed by atoms with Crippen molar-refractivity contribution >= 4 is 21.6 Å². The van der Waals surface area contributed by atoms with Gasteiger partial charge in [0.05, 0.1) is 18.5 Å². The summed E-state index contributed by atoms with van der Waals surface area (Å²) in [6.07, 6.45) is 1.01. The fourth-order valence-corrected chi connectivity index (χ4v) is 3.69. The molecule has 0 aliphatic carbocycles. The molecule has 0 radical (unpaired) electrons. The van der Waals surface area contributed by atoms with Crippen LogP contribution in [0.4, 0.5) is 0 Å². The SMILES string of the molecule is CCc1ccc(-c2csc3nc(C)n(CCOC)c(=O)c23)cc1. The van der Waals surface area contributed by atoms with Crippen LogP contribution in [0.1, 0.15) is 18.3 Å². The third-order valence-corrected chi connectivity index (χ3v) is 4.95. The van der Waals surface area contributed by atoms with Gasteiger partial charge in [-0.15, -0.1) is 11.3 Å². The molecule has 0 unspecified atom stereocenters. The lowest BCUT2D eigenvalue weighted by molar-refractivity contribution is 0.185. The molecular formula is C18H20N2O2S. The number of aryl methyl sites for hydroxylation is 2. The molecule has 0 fully saturated rings. The molecule has 2 aromatic heterocycles. The molecule has 4 nitrogen and oxygen atoms in total. The lowest BCUT2D eigenvalue weighted by Crippen LogP contribution is -2.25. The van der Waals surface area contributed by atoms with Gasteiger partial charge in [0, 0.05) is 18.1 Å². The summed E-state index contributed by atoms with van der Waals surface area (Å²) in [6, 6.07) is 8.39. The van der Waals surface area contributed by atoms with Crippen LogP contribution in [0.25, 0.3) is 21.3 Å². The summed E-state index contributed by atoms with van der Waals surface area (Å²) < 4.78 is 6.80. The maximum Gasteiger partial charge on any atom is 0.262 e. The number of methoxy groups -OCH3 is 1. The van der Waals surface area contributed by atoms with Gasteiger partial charge in [-0.1, -0.05) is 31.2 Å². The van der Waals surface area contributed by atoms with Crippen LogP contribution >= 0.6 is 11.3 Å². The van der Waals surface area contributed by atoms with Crippen LogP contribution in [0.3, 0.4) is 0 Å². The molecule has 3 rings (SSSR count). The Morgan fingerprint density at radius 1 is 1.26 bits per heavy atom. The summed E-state index contributed by atoms with van der Waals surface area (Å²) in [7, 11) is 1.64. The summed E-state index contributed by atoms with van der Waals surface area (Å²) in [5.41, 5.74) is 3.34. The highest BCUT2D eigenvalue weighted by Crippen LogP contribution is 2.31. The first-order chi connectivity index (χ1) is 11.2. The van der Waals surface area contributed by atoms with Gasteiger partial charge in [-0.05, 0) is 24.5 Å². The van der Waals surface area contributed by atoms with E-state index in [1.165, 1.54) is 16.9 Å². The fraction of sp³-hybridized carbons (Fsp3) is 0.333. The van der Waals surface area contributed by atoms with E-state index in [1.807, 2.05) is 12.3 Å². The molecule has 0 amide bonds. The minimum atomic E-state index is 0.0142. The number of hydrogen-bond donors (Lipinski definition) is 0. The van der Waals surface area contributed by atoms with E-state index in [-0.39, 0.29) is 5.56 Å². The standard InChI is InChI=1S/C18H20N2O2S/c1-4-13-5-7-14(8-6-13)15-11-23-17-16(15)18(21)20(9-10-22-3)12(2)19-17/h5-8,11H,4,9-10H2,1-3H3. The van der Waals surface area contributed by atoms with Crippen molar-refractivity contribution in [2.75, 3.05) is 13.7 Å². The Labute approximate surface area is 139 Å². The van der Waals surface area contributed by atoms with E-state index in [0.717, 1.165) is 28.2 Å². The summed E-state index contributed by atoms with van der Waals surface area (Å²) >= 11 is 1.52. The van der Waals surface area contributed by atoms with Gasteiger partial charge < -0.3 is 4.74 Å². The van der Waals surface area contributed by atoms with Crippen molar-refractivity contribution in [3.05, 3.63) is 51.4 Å². The second-order valence-electron chi connectivity index (χ2n) is 5.49. The maximum atomic E-state index is 12.9. The number of rotatable bonds is 5. The third kappa shape index (κ3) is 2.94. The van der Waals surface area contributed by atoms with E-state index in [4.69, 9.17) is 4.74 Å². The van der Waals surface area contributed by atoms with E-state index in [0.29, 0.717) is 18.5 Å². The van der Waals surface area contributed by atoms with Gasteiger partial charge in [-0.3, -0.25) is 9.36 Å². The fourth-order valence-electron chi connectivity index (χ4n) is 2.70. The van der Waals surface area contributed by atoms with Crippen LogP contribution in [-0.4, -0.2) is 23.3 Å². The molecule has 0 saturated heterocycles. The molecule has 3 aromatic rings. The summed E-state index contributed by atoms with van der Waals surface area (Å²) in [4.78, 5) is 18.3. The molecule has 2 heterocycles. The zero-order valence-corrected chi connectivity index (χ0v) is 14.4. The Hall–Kier alpha value is -1.98. The highest BCUT2D eigenvalue weighted by molar-refractivity contribution is 7.17. The van der Waals surface area contributed by atoms with E-state index >= 15 is 0 Å². The van der Waals surface area contributed by atoms with Gasteiger partial charge in [0.2, 0.25) is 0 Å². The number of thiophene rings is 1. The van der Waals surface area contributed by atoms with Crippen molar-refractivity contribution in [2.24, 2.45) is 0 Å². The Morgan fingerprint density at radius 2 is 2.00 bits per heavy atom. The zero-order valence-electron chi connectivity index (χ0n) is 13.6. The molecule has 5 heteroatoms. The summed E-state index contributed by atoms with van der Waals surface area (Å²) in [5, 5.41) is 2.74. The van der Waals surface area contributed by atoms with E-state index in [9.17, 15) is 4.79 Å². The van der Waals surface area contributed by atoms with Crippen molar-refractivity contribution in [3.63, 3.8) is 0 Å². The minimum absolute atomic E-state index is 0.0142. The topological polar surface area (TPSA) is 44.1 Å². The van der Waals surface area contributed by atoms with Gasteiger partial charge in [0.15, 0.2) is 0 Å². The minimum Gasteiger partial charge on any atom is -0.383 e. The van der Waals surface area contributed by atoms with Crippen molar-refractivity contribution < 1.29 is 4.74 Å². The van der Waals surface area contributed by atoms with Gasteiger partial charge in [0.25, 0.3) is 5.56 Å². The van der Waals surface area contributed by atoms with Crippen molar-refractivity contribution in [1.29, 1.82) is 0 Å². The smallest absolute Gasteiger partial charge is 0.262 e. The molecule has 23 heavy (non-hydrogen) atoms. The number of benzene rings is 1. The summed E-state index contributed by atoms with van der Waals surface area (Å²) in [5.74, 6) is 0.731. The lowest BCUT2D eigenvalue weighted by atomic mass is 10.0. The molecule has 0 spiro atoms. The predicted octanol–water partition coefficient (Wildman–Crippen LogP) is 3.64. The molecule has 0 atom stereocenters. The number of aromatic nitrogens is 2. The lowest BCUT2D eigenvalue weighted by Gasteiger charge is -2.09. The molecule has 1 aromatic carbocycles. The molecule has 0 aliphatic rings. The monoisotopic (exact) mass is 328 g/mol. The van der Waals surface area contributed by atoms with Crippen LogP contribution in [0.15, 0.2) is 34.4 Å².